The van der Waals surface area contributed by atoms with Gasteiger partial charge in [0.1, 0.15) is 11.5 Å². The molecule has 0 saturated carbocycles. The number of hydrogen-bond acceptors (Lipinski definition) is 5. The molecule has 7 nitrogen and oxygen atoms in total. The Hall–Kier alpha value is -2.84. The number of nitrogens with one attached hydrogen (secondary N) is 2. The molecule has 2 N–H and O–H groups in total. The Balaban J connectivity index is 2.09. The second kappa shape index (κ2) is 12.0. The number of halogens is 2. The third-order valence-electron chi connectivity index (χ3n) is 4.08. The highest BCUT2D eigenvalue weighted by atomic mass is 19.3. The second-order valence-corrected chi connectivity index (χ2v) is 6.92. The molecule has 0 aliphatic carbocycles. The van der Waals surface area contributed by atoms with E-state index in [0.717, 1.165) is 12.1 Å². The Morgan fingerprint density at radius 2 is 2.00 bits per heavy atom. The van der Waals surface area contributed by atoms with Crippen LogP contribution >= 0.6 is 0 Å². The highest BCUT2D eigenvalue weighted by molar-refractivity contribution is 5.79. The summed E-state index contributed by atoms with van der Waals surface area (Å²) in [6, 6.07) is 6.77. The predicted octanol–water partition coefficient (Wildman–Crippen LogP) is 4.44. The lowest BCUT2D eigenvalue weighted by molar-refractivity contribution is -0.0505. The molecule has 9 heteroatoms. The number of aliphatic imine (C=N–C) groups is 1. The Kier molecular flexibility index (Phi) is 9.37. The Morgan fingerprint density at radius 3 is 2.63 bits per heavy atom. The monoisotopic (exact) mass is 424 g/mol. The maximum atomic E-state index is 12.8. The van der Waals surface area contributed by atoms with Crippen molar-refractivity contribution in [2.75, 3.05) is 13.2 Å². The van der Waals surface area contributed by atoms with Crippen molar-refractivity contribution in [3.63, 3.8) is 0 Å². The molecule has 0 aliphatic rings. The van der Waals surface area contributed by atoms with E-state index < -0.39 is 6.61 Å². The van der Waals surface area contributed by atoms with Gasteiger partial charge in [-0.2, -0.15) is 8.78 Å². The van der Waals surface area contributed by atoms with Crippen LogP contribution in [0.15, 0.2) is 33.8 Å². The van der Waals surface area contributed by atoms with E-state index in [0.29, 0.717) is 42.7 Å². The number of guanidine groups is 1. The molecule has 0 unspecified atom stereocenters. The van der Waals surface area contributed by atoms with Crippen LogP contribution in [0, 0.1) is 0 Å². The van der Waals surface area contributed by atoms with Crippen LogP contribution in [0.25, 0.3) is 0 Å². The number of rotatable bonds is 11. The molecule has 0 saturated heterocycles. The molecule has 166 valence electrons. The van der Waals surface area contributed by atoms with Crippen LogP contribution in [-0.4, -0.2) is 30.9 Å². The van der Waals surface area contributed by atoms with Crippen molar-refractivity contribution in [1.82, 2.24) is 15.8 Å². The van der Waals surface area contributed by atoms with Crippen molar-refractivity contribution < 1.29 is 22.8 Å². The minimum absolute atomic E-state index is 0.0509. The van der Waals surface area contributed by atoms with Crippen LogP contribution in [0.1, 0.15) is 57.1 Å². The number of alkyl halides is 2. The first kappa shape index (κ1) is 23.4. The van der Waals surface area contributed by atoms with E-state index >= 15 is 0 Å². The zero-order chi connectivity index (χ0) is 21.9. The van der Waals surface area contributed by atoms with Crippen LogP contribution in [-0.2, 0) is 13.1 Å². The molecule has 0 spiro atoms. The fraction of sp³-hybridized carbons (Fsp3) is 0.524. The summed E-state index contributed by atoms with van der Waals surface area (Å²) in [5, 5.41) is 10.3. The fourth-order valence-electron chi connectivity index (χ4n) is 2.54. The summed E-state index contributed by atoms with van der Waals surface area (Å²) in [5.41, 5.74) is 1.41. The van der Waals surface area contributed by atoms with Crippen molar-refractivity contribution in [2.45, 2.75) is 59.7 Å². The summed E-state index contributed by atoms with van der Waals surface area (Å²) in [5.74, 6) is 2.02. The molecule has 1 aromatic carbocycles. The van der Waals surface area contributed by atoms with Crippen molar-refractivity contribution >= 4 is 5.96 Å². The van der Waals surface area contributed by atoms with Gasteiger partial charge < -0.3 is 24.6 Å². The van der Waals surface area contributed by atoms with Gasteiger partial charge in [0.05, 0.1) is 25.4 Å². The predicted molar refractivity (Wildman–Crippen MR) is 111 cm³/mol. The first-order chi connectivity index (χ1) is 14.4. The molecular formula is C21H30F2N4O3. The van der Waals surface area contributed by atoms with E-state index in [1.54, 1.807) is 12.1 Å². The molecule has 2 aromatic rings. The minimum atomic E-state index is -2.93. The van der Waals surface area contributed by atoms with E-state index in [2.05, 4.69) is 25.5 Å². The van der Waals surface area contributed by atoms with Gasteiger partial charge in [0, 0.05) is 24.2 Å². The fourth-order valence-corrected chi connectivity index (χ4v) is 2.54. The van der Waals surface area contributed by atoms with E-state index in [1.807, 2.05) is 33.8 Å². The van der Waals surface area contributed by atoms with E-state index in [9.17, 15) is 8.78 Å². The lowest BCUT2D eigenvalue weighted by Crippen LogP contribution is -2.36. The summed E-state index contributed by atoms with van der Waals surface area (Å²) in [7, 11) is 0. The van der Waals surface area contributed by atoms with Crippen LogP contribution in [0.5, 0.6) is 11.5 Å². The molecule has 0 amide bonds. The number of ether oxygens (including phenoxy) is 2. The molecular weight excluding hydrogens is 394 g/mol. The van der Waals surface area contributed by atoms with Gasteiger partial charge in [-0.25, -0.2) is 4.99 Å². The van der Waals surface area contributed by atoms with E-state index in [1.165, 1.54) is 6.07 Å². The number of hydrogen-bond donors (Lipinski definition) is 2. The summed E-state index contributed by atoms with van der Waals surface area (Å²) >= 11 is 0. The molecule has 0 bridgehead atoms. The Labute approximate surface area is 175 Å². The molecule has 0 fully saturated rings. The van der Waals surface area contributed by atoms with Gasteiger partial charge in [-0.15, -0.1) is 0 Å². The van der Waals surface area contributed by atoms with Gasteiger partial charge in [0.25, 0.3) is 0 Å². The molecule has 0 aliphatic heterocycles. The first-order valence-corrected chi connectivity index (χ1v) is 10.1. The lowest BCUT2D eigenvalue weighted by Gasteiger charge is -2.13. The average molecular weight is 424 g/mol. The molecule has 2 rings (SSSR count). The maximum Gasteiger partial charge on any atom is 0.387 e. The van der Waals surface area contributed by atoms with Gasteiger partial charge in [-0.1, -0.05) is 25.9 Å². The van der Waals surface area contributed by atoms with E-state index in [-0.39, 0.29) is 18.2 Å². The standard InChI is InChI=1S/C21H30F2N4O3/c1-5-9-28-16-8-7-15(19(11-16)29-20(22)23)12-25-21(24-6-2)26-13-17-10-18(14(3)4)27-30-17/h7-8,10-11,14,20H,5-6,9,12-13H2,1-4H3,(H2,24,25,26). The summed E-state index contributed by atoms with van der Waals surface area (Å²) in [4.78, 5) is 4.47. The van der Waals surface area contributed by atoms with Crippen LogP contribution < -0.4 is 20.1 Å². The highest BCUT2D eigenvalue weighted by Crippen LogP contribution is 2.27. The van der Waals surface area contributed by atoms with E-state index in [4.69, 9.17) is 9.26 Å². The zero-order valence-electron chi connectivity index (χ0n) is 17.9. The van der Waals surface area contributed by atoms with Crippen LogP contribution in [0.2, 0.25) is 0 Å². The van der Waals surface area contributed by atoms with Gasteiger partial charge in [-0.3, -0.25) is 0 Å². The second-order valence-electron chi connectivity index (χ2n) is 6.92. The molecule has 1 aromatic heterocycles. The summed E-state index contributed by atoms with van der Waals surface area (Å²) < 4.78 is 41.1. The Bertz CT molecular complexity index is 809. The maximum absolute atomic E-state index is 12.8. The minimum Gasteiger partial charge on any atom is -0.493 e. The highest BCUT2D eigenvalue weighted by Gasteiger charge is 2.12. The van der Waals surface area contributed by atoms with Crippen molar-refractivity contribution in [1.29, 1.82) is 0 Å². The zero-order valence-corrected chi connectivity index (χ0v) is 17.9. The van der Waals surface area contributed by atoms with Crippen LogP contribution in [0.3, 0.4) is 0 Å². The Morgan fingerprint density at radius 1 is 1.20 bits per heavy atom. The van der Waals surface area contributed by atoms with Gasteiger partial charge >= 0.3 is 6.61 Å². The van der Waals surface area contributed by atoms with Gasteiger partial charge in [0.15, 0.2) is 11.7 Å². The molecule has 30 heavy (non-hydrogen) atoms. The third-order valence-corrected chi connectivity index (χ3v) is 4.08. The van der Waals surface area contributed by atoms with Gasteiger partial charge in [-0.05, 0) is 31.4 Å². The van der Waals surface area contributed by atoms with Crippen molar-refractivity contribution in [3.05, 3.63) is 41.3 Å². The number of benzene rings is 1. The van der Waals surface area contributed by atoms with Gasteiger partial charge in [0.2, 0.25) is 0 Å². The first-order valence-electron chi connectivity index (χ1n) is 10.1. The summed E-state index contributed by atoms with van der Waals surface area (Å²) in [6.07, 6.45) is 0.818. The third kappa shape index (κ3) is 7.53. The smallest absolute Gasteiger partial charge is 0.387 e. The number of aromatic nitrogens is 1. The van der Waals surface area contributed by atoms with Crippen molar-refractivity contribution in [2.24, 2.45) is 4.99 Å². The average Bonchev–Trinajstić information content (AvgIpc) is 3.18. The SMILES string of the molecule is CCCOc1ccc(CN=C(NCC)NCc2cc(C(C)C)no2)c(OC(F)F)c1. The number of nitrogens with zero attached hydrogens (tertiary/aromatic N) is 2. The normalized spacial score (nSPS) is 11.8. The van der Waals surface area contributed by atoms with Crippen LogP contribution in [0.4, 0.5) is 8.78 Å². The molecule has 1 heterocycles. The quantitative estimate of drug-likeness (QED) is 0.410. The largest absolute Gasteiger partial charge is 0.493 e. The topological polar surface area (TPSA) is 80.9 Å². The molecule has 0 atom stereocenters. The van der Waals surface area contributed by atoms with Crippen molar-refractivity contribution in [3.8, 4) is 11.5 Å². The lowest BCUT2D eigenvalue weighted by atomic mass is 10.1. The molecule has 0 radical (unpaired) electrons. The summed E-state index contributed by atoms with van der Waals surface area (Å²) in [6.45, 7) is 6.75.